The van der Waals surface area contributed by atoms with Crippen LogP contribution in [0.4, 0.5) is 34.1 Å². The van der Waals surface area contributed by atoms with Gasteiger partial charge in [0.25, 0.3) is 0 Å². The molecule has 7 rings (SSSR count). The zero-order valence-corrected chi connectivity index (χ0v) is 30.2. The van der Waals surface area contributed by atoms with E-state index in [4.69, 9.17) is 0 Å². The molecule has 0 aliphatic rings. The standard InChI is InChI=1S/C50H46N2/c1-4-37-50(5-2,6-3)43-29-35-48(36-30-43)52(49-24-16-19-42(38-49)39-17-10-7-11-18-39)47-33-27-41(28-34-47)40-25-31-46(32-26-40)51(44-20-12-8-13-21-44)45-22-14-9-15-23-45/h4,7-36,38H,1,5-6,37H2,2-3H3. The second-order valence-electron chi connectivity index (χ2n) is 13.4. The van der Waals surface area contributed by atoms with Crippen molar-refractivity contribution in [2.24, 2.45) is 0 Å². The molecule has 0 saturated carbocycles. The number of nitrogens with zero attached hydrogens (tertiary/aromatic N) is 2. The van der Waals surface area contributed by atoms with Gasteiger partial charge in [0, 0.05) is 34.1 Å². The van der Waals surface area contributed by atoms with Gasteiger partial charge in [-0.2, -0.15) is 0 Å². The molecule has 0 bridgehead atoms. The first-order valence-electron chi connectivity index (χ1n) is 18.4. The third-order valence-corrected chi connectivity index (χ3v) is 10.5. The second-order valence-corrected chi connectivity index (χ2v) is 13.4. The fourth-order valence-electron chi connectivity index (χ4n) is 7.41. The molecular weight excluding hydrogens is 629 g/mol. The normalized spacial score (nSPS) is 11.2. The summed E-state index contributed by atoms with van der Waals surface area (Å²) in [6.45, 7) is 8.66. The van der Waals surface area contributed by atoms with Crippen LogP contribution in [0, 0.1) is 0 Å². The molecule has 0 radical (unpaired) electrons. The second kappa shape index (κ2) is 15.8. The minimum atomic E-state index is 0.106. The van der Waals surface area contributed by atoms with E-state index in [0.717, 1.165) is 53.4 Å². The van der Waals surface area contributed by atoms with Crippen LogP contribution >= 0.6 is 0 Å². The molecule has 0 atom stereocenters. The van der Waals surface area contributed by atoms with Crippen molar-refractivity contribution in [1.82, 2.24) is 0 Å². The molecule has 0 spiro atoms. The minimum absolute atomic E-state index is 0.106. The van der Waals surface area contributed by atoms with Gasteiger partial charge in [-0.15, -0.1) is 6.58 Å². The predicted octanol–water partition coefficient (Wildman–Crippen LogP) is 14.6. The fraction of sp³-hybridized carbons (Fsp3) is 0.120. The van der Waals surface area contributed by atoms with E-state index in [1.54, 1.807) is 0 Å². The number of hydrogen-bond acceptors (Lipinski definition) is 2. The molecular formula is C50H46N2. The molecule has 0 N–H and O–H groups in total. The van der Waals surface area contributed by atoms with Gasteiger partial charge >= 0.3 is 0 Å². The van der Waals surface area contributed by atoms with E-state index in [1.807, 2.05) is 0 Å². The van der Waals surface area contributed by atoms with Crippen LogP contribution in [0.25, 0.3) is 22.3 Å². The number of allylic oxidation sites excluding steroid dienone is 1. The molecule has 7 aromatic carbocycles. The van der Waals surface area contributed by atoms with Gasteiger partial charge < -0.3 is 9.80 Å². The molecule has 0 fully saturated rings. The molecule has 2 heteroatoms. The first-order valence-corrected chi connectivity index (χ1v) is 18.4. The van der Waals surface area contributed by atoms with Gasteiger partial charge in [-0.05, 0) is 125 Å². The number of anilines is 6. The van der Waals surface area contributed by atoms with Crippen molar-refractivity contribution in [3.63, 3.8) is 0 Å². The molecule has 0 saturated heterocycles. The SMILES string of the molecule is C=CCC(CC)(CC)c1ccc(N(c2ccc(-c3ccc(N(c4ccccc4)c4ccccc4)cc3)cc2)c2cccc(-c3ccccc3)c2)cc1. The van der Waals surface area contributed by atoms with Crippen molar-refractivity contribution < 1.29 is 0 Å². The van der Waals surface area contributed by atoms with Crippen LogP contribution in [0.1, 0.15) is 38.7 Å². The number of rotatable bonds is 13. The Bertz CT molecular complexity index is 2130. The van der Waals surface area contributed by atoms with Crippen LogP contribution in [0.15, 0.2) is 201 Å². The van der Waals surface area contributed by atoms with Crippen molar-refractivity contribution in [3.05, 3.63) is 206 Å². The summed E-state index contributed by atoms with van der Waals surface area (Å²) in [7, 11) is 0. The summed E-state index contributed by atoms with van der Waals surface area (Å²) in [5, 5.41) is 0. The number of hydrogen-bond donors (Lipinski definition) is 0. The van der Waals surface area contributed by atoms with E-state index in [-0.39, 0.29) is 5.41 Å². The van der Waals surface area contributed by atoms with Gasteiger partial charge in [-0.1, -0.05) is 135 Å². The quantitative estimate of drug-likeness (QED) is 0.112. The molecule has 0 aliphatic heterocycles. The van der Waals surface area contributed by atoms with Gasteiger partial charge in [-0.25, -0.2) is 0 Å². The smallest absolute Gasteiger partial charge is 0.0467 e. The average Bonchev–Trinajstić information content (AvgIpc) is 3.22. The van der Waals surface area contributed by atoms with Crippen LogP contribution in [-0.4, -0.2) is 0 Å². The summed E-state index contributed by atoms with van der Waals surface area (Å²) in [6.07, 6.45) is 5.20. The molecule has 52 heavy (non-hydrogen) atoms. The number of benzene rings is 7. The summed E-state index contributed by atoms with van der Waals surface area (Å²) in [5.41, 5.74) is 13.0. The zero-order valence-electron chi connectivity index (χ0n) is 30.2. The highest BCUT2D eigenvalue weighted by atomic mass is 15.1. The van der Waals surface area contributed by atoms with Crippen LogP contribution in [0.2, 0.25) is 0 Å². The maximum Gasteiger partial charge on any atom is 0.0467 e. The first kappa shape index (κ1) is 34.3. The van der Waals surface area contributed by atoms with Crippen molar-refractivity contribution in [3.8, 4) is 22.3 Å². The Hall–Kier alpha value is -6.12. The van der Waals surface area contributed by atoms with Gasteiger partial charge in [0.2, 0.25) is 0 Å². The van der Waals surface area contributed by atoms with Crippen molar-refractivity contribution in [2.45, 2.75) is 38.5 Å². The lowest BCUT2D eigenvalue weighted by Crippen LogP contribution is -2.23. The Kier molecular flexibility index (Phi) is 10.5. The van der Waals surface area contributed by atoms with Crippen LogP contribution in [0.3, 0.4) is 0 Å². The van der Waals surface area contributed by atoms with Crippen LogP contribution in [-0.2, 0) is 5.41 Å². The summed E-state index contributed by atoms with van der Waals surface area (Å²) in [5.74, 6) is 0. The Morgan fingerprint density at radius 3 is 1.23 bits per heavy atom. The van der Waals surface area contributed by atoms with Gasteiger partial charge in [-0.3, -0.25) is 0 Å². The third-order valence-electron chi connectivity index (χ3n) is 10.5. The molecule has 2 nitrogen and oxygen atoms in total. The van der Waals surface area contributed by atoms with Crippen LogP contribution < -0.4 is 9.80 Å². The molecule has 0 aliphatic carbocycles. The summed E-state index contributed by atoms with van der Waals surface area (Å²) in [4.78, 5) is 4.66. The van der Waals surface area contributed by atoms with Crippen molar-refractivity contribution in [1.29, 1.82) is 0 Å². The van der Waals surface area contributed by atoms with E-state index >= 15 is 0 Å². The van der Waals surface area contributed by atoms with Crippen molar-refractivity contribution in [2.75, 3.05) is 9.80 Å². The molecule has 7 aromatic rings. The Balaban J connectivity index is 1.23. The number of para-hydroxylation sites is 2. The van der Waals surface area contributed by atoms with Gasteiger partial charge in [0.1, 0.15) is 0 Å². The lowest BCUT2D eigenvalue weighted by Gasteiger charge is -2.32. The lowest BCUT2D eigenvalue weighted by atomic mass is 9.73. The fourth-order valence-corrected chi connectivity index (χ4v) is 7.41. The Morgan fingerprint density at radius 1 is 0.404 bits per heavy atom. The van der Waals surface area contributed by atoms with E-state index in [9.17, 15) is 0 Å². The highest BCUT2D eigenvalue weighted by molar-refractivity contribution is 5.82. The minimum Gasteiger partial charge on any atom is -0.311 e. The highest BCUT2D eigenvalue weighted by Gasteiger charge is 2.27. The summed E-state index contributed by atoms with van der Waals surface area (Å²) < 4.78 is 0. The molecule has 256 valence electrons. The van der Waals surface area contributed by atoms with Crippen LogP contribution in [0.5, 0.6) is 0 Å². The maximum atomic E-state index is 4.08. The maximum absolute atomic E-state index is 4.08. The molecule has 0 unspecified atom stereocenters. The predicted molar refractivity (Wildman–Crippen MR) is 224 cm³/mol. The molecule has 0 heterocycles. The zero-order chi connectivity index (χ0) is 35.8. The van der Waals surface area contributed by atoms with Gasteiger partial charge in [0.15, 0.2) is 0 Å². The lowest BCUT2D eigenvalue weighted by molar-refractivity contribution is 0.400. The topological polar surface area (TPSA) is 6.48 Å². The van der Waals surface area contributed by atoms with Crippen molar-refractivity contribution >= 4 is 34.1 Å². The first-order chi connectivity index (χ1) is 25.6. The summed E-state index contributed by atoms with van der Waals surface area (Å²) >= 11 is 0. The molecule has 0 amide bonds. The average molecular weight is 675 g/mol. The van der Waals surface area contributed by atoms with E-state index in [1.165, 1.54) is 27.8 Å². The Labute approximate surface area is 310 Å². The third kappa shape index (κ3) is 7.20. The van der Waals surface area contributed by atoms with Gasteiger partial charge in [0.05, 0.1) is 0 Å². The summed E-state index contributed by atoms with van der Waals surface area (Å²) in [6, 6.07) is 67.6. The van der Waals surface area contributed by atoms with E-state index in [2.05, 4.69) is 224 Å². The monoisotopic (exact) mass is 674 g/mol. The molecule has 0 aromatic heterocycles. The van der Waals surface area contributed by atoms with E-state index < -0.39 is 0 Å². The highest BCUT2D eigenvalue weighted by Crippen LogP contribution is 2.41. The largest absolute Gasteiger partial charge is 0.311 e. The Morgan fingerprint density at radius 2 is 0.769 bits per heavy atom. The van der Waals surface area contributed by atoms with E-state index in [0.29, 0.717) is 0 Å².